The number of halogens is 1. The Kier molecular flexibility index (Phi) is 3.33. The van der Waals surface area contributed by atoms with E-state index in [-0.39, 0.29) is 5.78 Å². The molecular weight excluding hydrogens is 270 g/mol. The van der Waals surface area contributed by atoms with Crippen LogP contribution < -0.4 is 0 Å². The number of aromatic nitrogens is 1. The number of aryl methyl sites for hydroxylation is 1. The first-order valence-corrected chi connectivity index (χ1v) is 6.86. The lowest BCUT2D eigenvalue weighted by Gasteiger charge is -2.05. The maximum Gasteiger partial charge on any atom is 0.182 e. The molecule has 0 aliphatic carbocycles. The van der Waals surface area contributed by atoms with Gasteiger partial charge >= 0.3 is 0 Å². The van der Waals surface area contributed by atoms with Gasteiger partial charge in [0.1, 0.15) is 0 Å². The number of nitrogens with zero attached hydrogens (tertiary/aromatic N) is 1. The molecule has 2 aromatic carbocycles. The van der Waals surface area contributed by atoms with E-state index in [9.17, 15) is 4.79 Å². The van der Waals surface area contributed by atoms with Gasteiger partial charge in [-0.1, -0.05) is 47.5 Å². The molecule has 0 spiro atoms. The molecule has 0 saturated heterocycles. The third-order valence-electron chi connectivity index (χ3n) is 3.45. The number of ketones is 1. The molecule has 0 fully saturated rings. The fraction of sp³-hybridized carbons (Fsp3) is 0.118. The van der Waals surface area contributed by atoms with E-state index in [2.05, 4.69) is 0 Å². The normalized spacial score (nSPS) is 10.9. The van der Waals surface area contributed by atoms with Gasteiger partial charge in [0.2, 0.25) is 0 Å². The zero-order valence-electron chi connectivity index (χ0n) is 11.1. The largest absolute Gasteiger partial charge is 0.340 e. The highest BCUT2D eigenvalue weighted by Crippen LogP contribution is 2.24. The molecule has 0 N–H and O–H groups in total. The number of carbonyl (C=O) groups is 1. The van der Waals surface area contributed by atoms with Crippen LogP contribution in [0, 0.1) is 6.92 Å². The Morgan fingerprint density at radius 1 is 1.10 bits per heavy atom. The lowest BCUT2D eigenvalue weighted by atomic mass is 10.1. The third-order valence-corrected chi connectivity index (χ3v) is 3.78. The summed E-state index contributed by atoms with van der Waals surface area (Å²) in [5, 5.41) is 1.69. The maximum absolute atomic E-state index is 12.3. The summed E-state index contributed by atoms with van der Waals surface area (Å²) in [6.45, 7) is 2.34. The molecule has 0 saturated carbocycles. The van der Waals surface area contributed by atoms with Crippen LogP contribution in [0.5, 0.6) is 0 Å². The monoisotopic (exact) mass is 283 g/mol. The van der Waals surface area contributed by atoms with E-state index >= 15 is 0 Å². The predicted octanol–water partition coefficient (Wildman–Crippen LogP) is 4.49. The van der Waals surface area contributed by atoms with Crippen molar-refractivity contribution in [2.24, 2.45) is 0 Å². The van der Waals surface area contributed by atoms with Gasteiger partial charge in [0.05, 0.1) is 6.54 Å². The molecule has 0 atom stereocenters. The van der Waals surface area contributed by atoms with Crippen molar-refractivity contribution >= 4 is 28.3 Å². The fourth-order valence-corrected chi connectivity index (χ4v) is 2.54. The molecule has 2 nitrogen and oxygen atoms in total. The number of Topliss-reactive ketones (excluding diaryl/α,β-unsaturated/α-hetero) is 1. The van der Waals surface area contributed by atoms with Crippen LogP contribution in [-0.4, -0.2) is 10.4 Å². The average molecular weight is 284 g/mol. The summed E-state index contributed by atoms with van der Waals surface area (Å²) in [5.74, 6) is 0.0995. The summed E-state index contributed by atoms with van der Waals surface area (Å²) < 4.78 is 1.93. The van der Waals surface area contributed by atoms with Gasteiger partial charge in [0, 0.05) is 27.7 Å². The Labute approximate surface area is 122 Å². The summed E-state index contributed by atoms with van der Waals surface area (Å²) in [5.41, 5.74) is 2.87. The Morgan fingerprint density at radius 3 is 2.60 bits per heavy atom. The first kappa shape index (κ1) is 12.9. The topological polar surface area (TPSA) is 22.0 Å². The van der Waals surface area contributed by atoms with Gasteiger partial charge in [-0.2, -0.15) is 0 Å². The van der Waals surface area contributed by atoms with Gasteiger partial charge in [-0.05, 0) is 25.1 Å². The van der Waals surface area contributed by atoms with Crippen molar-refractivity contribution in [3.63, 3.8) is 0 Å². The van der Waals surface area contributed by atoms with Crippen LogP contribution >= 0.6 is 11.6 Å². The van der Waals surface area contributed by atoms with Crippen molar-refractivity contribution in [3.8, 4) is 0 Å². The number of rotatable bonds is 3. The number of hydrogen-bond acceptors (Lipinski definition) is 1. The Balaban J connectivity index is 1.91. The van der Waals surface area contributed by atoms with Crippen LogP contribution in [-0.2, 0) is 6.54 Å². The van der Waals surface area contributed by atoms with Gasteiger partial charge in [0.25, 0.3) is 0 Å². The van der Waals surface area contributed by atoms with E-state index in [1.54, 1.807) is 0 Å². The SMILES string of the molecule is Cc1ccc(C(=O)Cn2ccc3c(Cl)cccc32)cc1. The maximum atomic E-state index is 12.3. The van der Waals surface area contributed by atoms with E-state index in [1.165, 1.54) is 0 Å². The van der Waals surface area contributed by atoms with Crippen molar-refractivity contribution in [2.45, 2.75) is 13.5 Å². The van der Waals surface area contributed by atoms with Crippen LogP contribution in [0.2, 0.25) is 5.02 Å². The lowest BCUT2D eigenvalue weighted by Crippen LogP contribution is -2.09. The second-order valence-electron chi connectivity index (χ2n) is 4.91. The summed E-state index contributed by atoms with van der Waals surface area (Å²) >= 11 is 6.14. The standard InChI is InChI=1S/C17H14ClNO/c1-12-5-7-13(8-6-12)17(20)11-19-10-9-14-15(18)3-2-4-16(14)19/h2-10H,11H2,1H3. The van der Waals surface area contributed by atoms with E-state index in [0.29, 0.717) is 11.6 Å². The average Bonchev–Trinajstić information content (AvgIpc) is 2.84. The Morgan fingerprint density at radius 2 is 1.85 bits per heavy atom. The number of carbonyl (C=O) groups excluding carboxylic acids is 1. The van der Waals surface area contributed by atoms with Crippen molar-refractivity contribution < 1.29 is 4.79 Å². The molecule has 1 aromatic heterocycles. The zero-order valence-corrected chi connectivity index (χ0v) is 11.9. The first-order chi connectivity index (χ1) is 9.65. The molecule has 0 unspecified atom stereocenters. The molecule has 3 aromatic rings. The van der Waals surface area contributed by atoms with Gasteiger partial charge in [0.15, 0.2) is 5.78 Å². The molecule has 0 bridgehead atoms. The van der Waals surface area contributed by atoms with Crippen molar-refractivity contribution in [2.75, 3.05) is 0 Å². The molecule has 20 heavy (non-hydrogen) atoms. The van der Waals surface area contributed by atoms with Crippen LogP contribution in [0.3, 0.4) is 0 Å². The summed E-state index contributed by atoms with van der Waals surface area (Å²) in [4.78, 5) is 12.3. The Bertz CT molecular complexity index is 771. The molecule has 0 amide bonds. The number of fused-ring (bicyclic) bond motifs is 1. The van der Waals surface area contributed by atoms with Crippen molar-refractivity contribution in [3.05, 3.63) is 70.9 Å². The summed E-state index contributed by atoms with van der Waals surface area (Å²) in [6, 6.07) is 15.3. The minimum atomic E-state index is 0.0995. The van der Waals surface area contributed by atoms with Crippen LogP contribution in [0.25, 0.3) is 10.9 Å². The molecule has 1 heterocycles. The molecular formula is C17H14ClNO. The van der Waals surface area contributed by atoms with Crippen LogP contribution in [0.1, 0.15) is 15.9 Å². The highest BCUT2D eigenvalue weighted by molar-refractivity contribution is 6.35. The van der Waals surface area contributed by atoms with Gasteiger partial charge in [-0.25, -0.2) is 0 Å². The molecule has 3 heteroatoms. The highest BCUT2D eigenvalue weighted by atomic mass is 35.5. The molecule has 0 radical (unpaired) electrons. The quantitative estimate of drug-likeness (QED) is 0.649. The molecule has 0 aliphatic rings. The Hall–Kier alpha value is -2.06. The van der Waals surface area contributed by atoms with E-state index in [4.69, 9.17) is 11.6 Å². The highest BCUT2D eigenvalue weighted by Gasteiger charge is 2.09. The van der Waals surface area contributed by atoms with Crippen molar-refractivity contribution in [1.29, 1.82) is 0 Å². The van der Waals surface area contributed by atoms with E-state index in [0.717, 1.165) is 22.0 Å². The smallest absolute Gasteiger partial charge is 0.182 e. The van der Waals surface area contributed by atoms with Crippen LogP contribution in [0.4, 0.5) is 0 Å². The van der Waals surface area contributed by atoms with Crippen LogP contribution in [0.15, 0.2) is 54.7 Å². The second kappa shape index (κ2) is 5.14. The number of hydrogen-bond donors (Lipinski definition) is 0. The summed E-state index contributed by atoms with van der Waals surface area (Å²) in [6.07, 6.45) is 1.91. The summed E-state index contributed by atoms with van der Waals surface area (Å²) in [7, 11) is 0. The number of benzene rings is 2. The third kappa shape index (κ3) is 2.35. The zero-order chi connectivity index (χ0) is 14.1. The second-order valence-corrected chi connectivity index (χ2v) is 5.31. The first-order valence-electron chi connectivity index (χ1n) is 6.48. The van der Waals surface area contributed by atoms with Gasteiger partial charge in [-0.3, -0.25) is 4.79 Å². The van der Waals surface area contributed by atoms with Crippen molar-refractivity contribution in [1.82, 2.24) is 4.57 Å². The molecule has 100 valence electrons. The van der Waals surface area contributed by atoms with Gasteiger partial charge < -0.3 is 4.57 Å². The predicted molar refractivity (Wildman–Crippen MR) is 82.5 cm³/mol. The van der Waals surface area contributed by atoms with E-state index < -0.39 is 0 Å². The fourth-order valence-electron chi connectivity index (χ4n) is 2.31. The minimum Gasteiger partial charge on any atom is -0.340 e. The van der Waals surface area contributed by atoms with E-state index in [1.807, 2.05) is 66.2 Å². The van der Waals surface area contributed by atoms with Gasteiger partial charge in [-0.15, -0.1) is 0 Å². The minimum absolute atomic E-state index is 0.0995. The lowest BCUT2D eigenvalue weighted by molar-refractivity contribution is 0.0973. The molecule has 3 rings (SSSR count). The molecule has 0 aliphatic heterocycles.